The zero-order chi connectivity index (χ0) is 22.7. The molecule has 0 aromatic carbocycles. The van der Waals surface area contributed by atoms with Gasteiger partial charge in [0.2, 0.25) is 0 Å². The van der Waals surface area contributed by atoms with E-state index in [9.17, 15) is 14.7 Å². The Morgan fingerprint density at radius 1 is 0.900 bits per heavy atom. The molecule has 30 heavy (non-hydrogen) atoms. The molecular weight excluding hydrogens is 372 g/mol. The van der Waals surface area contributed by atoms with Crippen LogP contribution in [0, 0.1) is 17.8 Å². The van der Waals surface area contributed by atoms with Crippen molar-refractivity contribution in [1.82, 2.24) is 0 Å². The van der Waals surface area contributed by atoms with Crippen LogP contribution in [0.25, 0.3) is 0 Å². The van der Waals surface area contributed by atoms with Crippen molar-refractivity contribution < 1.29 is 14.7 Å². The van der Waals surface area contributed by atoms with Gasteiger partial charge in [-0.05, 0) is 56.6 Å². The third-order valence-electron chi connectivity index (χ3n) is 6.18. The lowest BCUT2D eigenvalue weighted by atomic mass is 9.90. The molecule has 3 atom stereocenters. The van der Waals surface area contributed by atoms with E-state index in [1.165, 1.54) is 57.1 Å². The predicted molar refractivity (Wildman–Crippen MR) is 126 cm³/mol. The number of hydrogen-bond donors (Lipinski definition) is 1. The number of allylic oxidation sites excluding steroid dienone is 4. The highest BCUT2D eigenvalue weighted by Crippen LogP contribution is 2.23. The summed E-state index contributed by atoms with van der Waals surface area (Å²) in [7, 11) is 0. The molecule has 0 aromatic rings. The molecule has 0 aromatic heterocycles. The molecule has 1 unspecified atom stereocenters. The molecule has 170 valence electrons. The van der Waals surface area contributed by atoms with Gasteiger partial charge in [0.25, 0.3) is 0 Å². The molecule has 1 N–H and O–H groups in total. The lowest BCUT2D eigenvalue weighted by Crippen LogP contribution is -2.22. The zero-order valence-electron chi connectivity index (χ0n) is 20.2. The van der Waals surface area contributed by atoms with Gasteiger partial charge in [0.1, 0.15) is 6.10 Å². The van der Waals surface area contributed by atoms with Crippen LogP contribution in [0.3, 0.4) is 0 Å². The summed E-state index contributed by atoms with van der Waals surface area (Å²) in [5, 5.41) is 10.4. The van der Waals surface area contributed by atoms with Crippen LogP contribution in [0.1, 0.15) is 99.3 Å². The fourth-order valence-corrected chi connectivity index (χ4v) is 4.14. The van der Waals surface area contributed by atoms with Gasteiger partial charge in [-0.15, -0.1) is 0 Å². The second kappa shape index (κ2) is 13.7. The summed E-state index contributed by atoms with van der Waals surface area (Å²) in [5.74, 6) is 1.91. The van der Waals surface area contributed by atoms with E-state index in [-0.39, 0.29) is 17.1 Å². The topological polar surface area (TPSA) is 54.4 Å². The molecule has 0 saturated heterocycles. The smallest absolute Gasteiger partial charge is 0.187 e. The first-order chi connectivity index (χ1) is 14.1. The number of rotatable bonds is 14. The van der Waals surface area contributed by atoms with Crippen molar-refractivity contribution in [2.75, 3.05) is 0 Å². The fraction of sp³-hybridized carbons (Fsp3) is 0.704. The number of hydrogen-bond acceptors (Lipinski definition) is 3. The third kappa shape index (κ3) is 10.5. The van der Waals surface area contributed by atoms with E-state index in [4.69, 9.17) is 0 Å². The van der Waals surface area contributed by atoms with Crippen molar-refractivity contribution >= 4 is 11.6 Å². The molecule has 0 bridgehead atoms. The molecule has 0 radical (unpaired) electrons. The number of aliphatic hydroxyl groups is 1. The summed E-state index contributed by atoms with van der Waals surface area (Å²) in [4.78, 5) is 23.8. The number of ketones is 2. The van der Waals surface area contributed by atoms with Gasteiger partial charge in [0, 0.05) is 11.1 Å². The molecule has 0 saturated carbocycles. The lowest BCUT2D eigenvalue weighted by molar-refractivity contribution is -0.115. The Kier molecular flexibility index (Phi) is 12.2. The van der Waals surface area contributed by atoms with Crippen LogP contribution in [0.5, 0.6) is 0 Å². The Balaban J connectivity index is 2.27. The van der Waals surface area contributed by atoms with E-state index in [0.29, 0.717) is 5.57 Å². The van der Waals surface area contributed by atoms with E-state index in [1.54, 1.807) is 13.0 Å². The second-order valence-electron chi connectivity index (χ2n) is 9.97. The average Bonchev–Trinajstić information content (AvgIpc) is 2.64. The molecule has 3 nitrogen and oxygen atoms in total. The van der Waals surface area contributed by atoms with E-state index in [2.05, 4.69) is 27.7 Å². The van der Waals surface area contributed by atoms with Gasteiger partial charge in [0.05, 0.1) is 0 Å². The van der Waals surface area contributed by atoms with Crippen molar-refractivity contribution in [2.24, 2.45) is 17.8 Å². The van der Waals surface area contributed by atoms with Crippen molar-refractivity contribution in [3.05, 3.63) is 34.9 Å². The fourth-order valence-electron chi connectivity index (χ4n) is 4.14. The van der Waals surface area contributed by atoms with Gasteiger partial charge in [0.15, 0.2) is 11.6 Å². The second-order valence-corrected chi connectivity index (χ2v) is 9.97. The molecule has 0 aliphatic heterocycles. The average molecular weight is 417 g/mol. The lowest BCUT2D eigenvalue weighted by Gasteiger charge is -2.16. The van der Waals surface area contributed by atoms with E-state index < -0.39 is 6.10 Å². The highest BCUT2D eigenvalue weighted by atomic mass is 16.3. The van der Waals surface area contributed by atoms with Crippen molar-refractivity contribution in [1.29, 1.82) is 0 Å². The minimum atomic E-state index is -1.00. The van der Waals surface area contributed by atoms with Crippen molar-refractivity contribution in [3.63, 3.8) is 0 Å². The Hall–Kier alpha value is -1.48. The maximum atomic E-state index is 12.2. The van der Waals surface area contributed by atoms with Crippen LogP contribution in [0.15, 0.2) is 34.9 Å². The van der Waals surface area contributed by atoms with Gasteiger partial charge in [-0.3, -0.25) is 9.59 Å². The molecule has 1 aliphatic rings. The maximum absolute atomic E-state index is 12.2. The molecule has 0 heterocycles. The van der Waals surface area contributed by atoms with Crippen LogP contribution in [0.2, 0.25) is 0 Å². The number of aliphatic hydroxyl groups excluding tert-OH is 1. The molecular formula is C27H44O3. The van der Waals surface area contributed by atoms with Crippen LogP contribution in [-0.4, -0.2) is 22.8 Å². The van der Waals surface area contributed by atoms with Gasteiger partial charge in [-0.25, -0.2) is 0 Å². The van der Waals surface area contributed by atoms with E-state index in [1.807, 2.05) is 6.92 Å². The van der Waals surface area contributed by atoms with Gasteiger partial charge in [-0.1, -0.05) is 84.3 Å². The predicted octanol–water partition coefficient (Wildman–Crippen LogP) is 6.76. The quantitative estimate of drug-likeness (QED) is 0.251. The first kappa shape index (κ1) is 26.6. The Morgan fingerprint density at radius 2 is 1.43 bits per heavy atom. The molecule has 0 fully saturated rings. The standard InChI is InChI=1S/C27H44O3/c1-19(2)10-7-11-20(3)12-8-13-21(4)14-9-15-22(5)16-26(29)25-18-24(28)17-23(6)27(25)30/h16-21,26,29H,7-15H2,1-6H3/b22-16+/t20-,21-,26?/m1/s1. The van der Waals surface area contributed by atoms with Crippen molar-refractivity contribution in [3.8, 4) is 0 Å². The Bertz CT molecular complexity index is 651. The molecule has 1 aliphatic carbocycles. The Labute approximate surface area is 184 Å². The highest BCUT2D eigenvalue weighted by Gasteiger charge is 2.23. The number of Topliss-reactive ketones (excluding diaryl/α,β-unsaturated/α-hetero) is 1. The normalized spacial score (nSPS) is 18.3. The summed E-state index contributed by atoms with van der Waals surface area (Å²) >= 11 is 0. The van der Waals surface area contributed by atoms with Crippen LogP contribution in [-0.2, 0) is 9.59 Å². The Morgan fingerprint density at radius 3 is 2.00 bits per heavy atom. The number of carbonyl (C=O) groups excluding carboxylic acids is 2. The summed E-state index contributed by atoms with van der Waals surface area (Å²) in [5.41, 5.74) is 1.66. The largest absolute Gasteiger partial charge is 0.384 e. The first-order valence-electron chi connectivity index (χ1n) is 11.9. The SMILES string of the molecule is CC1=CC(=O)C=C(C(O)/C=C(\C)CCC[C@H](C)CCC[C@H](C)CCCC(C)C)C1=O. The highest BCUT2D eigenvalue weighted by molar-refractivity contribution is 6.20. The van der Waals surface area contributed by atoms with Crippen LogP contribution in [0.4, 0.5) is 0 Å². The van der Waals surface area contributed by atoms with Crippen LogP contribution < -0.4 is 0 Å². The monoisotopic (exact) mass is 416 g/mol. The van der Waals surface area contributed by atoms with Gasteiger partial charge >= 0.3 is 0 Å². The summed E-state index contributed by atoms with van der Waals surface area (Å²) < 4.78 is 0. The molecule has 1 rings (SSSR count). The molecule has 0 spiro atoms. The summed E-state index contributed by atoms with van der Waals surface area (Å²) in [6.45, 7) is 12.9. The molecule has 3 heteroatoms. The first-order valence-corrected chi connectivity index (χ1v) is 11.9. The zero-order valence-corrected chi connectivity index (χ0v) is 20.2. The minimum absolute atomic E-state index is 0.190. The molecule has 0 amide bonds. The van der Waals surface area contributed by atoms with Gasteiger partial charge < -0.3 is 5.11 Å². The van der Waals surface area contributed by atoms with E-state index in [0.717, 1.165) is 36.2 Å². The third-order valence-corrected chi connectivity index (χ3v) is 6.18. The minimum Gasteiger partial charge on any atom is -0.384 e. The van der Waals surface area contributed by atoms with E-state index >= 15 is 0 Å². The van der Waals surface area contributed by atoms with Crippen LogP contribution >= 0.6 is 0 Å². The maximum Gasteiger partial charge on any atom is 0.187 e. The number of carbonyl (C=O) groups is 2. The summed E-state index contributed by atoms with van der Waals surface area (Å²) in [6.07, 6.45) is 14.5. The van der Waals surface area contributed by atoms with Gasteiger partial charge in [-0.2, -0.15) is 0 Å². The summed E-state index contributed by atoms with van der Waals surface area (Å²) in [6, 6.07) is 0. The van der Waals surface area contributed by atoms with Crippen molar-refractivity contribution in [2.45, 2.75) is 105 Å².